The van der Waals surface area contributed by atoms with Gasteiger partial charge in [0.2, 0.25) is 5.91 Å². The van der Waals surface area contributed by atoms with E-state index < -0.39 is 5.54 Å². The minimum Gasteiger partial charge on any atom is -0.368 e. The molecule has 3 N–H and O–H groups in total. The average Bonchev–Trinajstić information content (AvgIpc) is 2.16. The molecule has 0 heterocycles. The van der Waals surface area contributed by atoms with Crippen LogP contribution in [0, 0.1) is 0 Å². The third-order valence-corrected chi connectivity index (χ3v) is 2.89. The average molecular weight is 200 g/mol. The van der Waals surface area contributed by atoms with Crippen LogP contribution in [0.15, 0.2) is 0 Å². The molecule has 0 bridgehead atoms. The molecule has 3 heteroatoms. The number of hydrogen-bond donors (Lipinski definition) is 2. The first kappa shape index (κ1) is 13.4. The van der Waals surface area contributed by atoms with Crippen molar-refractivity contribution in [3.05, 3.63) is 0 Å². The zero-order valence-electron chi connectivity index (χ0n) is 9.89. The molecule has 0 aliphatic heterocycles. The highest BCUT2D eigenvalue weighted by molar-refractivity contribution is 5.84. The first-order chi connectivity index (χ1) is 6.52. The summed E-state index contributed by atoms with van der Waals surface area (Å²) in [6.07, 6.45) is 3.57. The molecule has 0 spiro atoms. The Kier molecular flexibility index (Phi) is 5.77. The molecular formula is C11H24N2O. The zero-order valence-corrected chi connectivity index (χ0v) is 9.89. The summed E-state index contributed by atoms with van der Waals surface area (Å²) in [5.74, 6) is -0.220. The largest absolute Gasteiger partial charge is 0.368 e. The predicted octanol–water partition coefficient (Wildman–Crippen LogP) is 1.81. The highest BCUT2D eigenvalue weighted by Gasteiger charge is 2.34. The van der Waals surface area contributed by atoms with E-state index in [0.29, 0.717) is 6.04 Å². The molecule has 0 fully saturated rings. The van der Waals surface area contributed by atoms with Crippen molar-refractivity contribution >= 4 is 5.91 Å². The van der Waals surface area contributed by atoms with Crippen LogP contribution < -0.4 is 11.1 Å². The summed E-state index contributed by atoms with van der Waals surface area (Å²) < 4.78 is 0. The van der Waals surface area contributed by atoms with Crippen LogP contribution in [-0.4, -0.2) is 17.5 Å². The van der Waals surface area contributed by atoms with Gasteiger partial charge in [0.15, 0.2) is 0 Å². The van der Waals surface area contributed by atoms with E-state index in [1.807, 2.05) is 6.92 Å². The Hall–Kier alpha value is -0.570. The van der Waals surface area contributed by atoms with Gasteiger partial charge in [0.25, 0.3) is 0 Å². The summed E-state index contributed by atoms with van der Waals surface area (Å²) in [5, 5.41) is 3.36. The third-order valence-electron chi connectivity index (χ3n) is 2.89. The molecule has 0 aliphatic carbocycles. The molecule has 2 atom stereocenters. The van der Waals surface area contributed by atoms with E-state index in [1.54, 1.807) is 0 Å². The first-order valence-corrected chi connectivity index (χ1v) is 5.60. The number of amides is 1. The van der Waals surface area contributed by atoms with E-state index in [9.17, 15) is 4.79 Å². The number of rotatable bonds is 7. The molecule has 3 nitrogen and oxygen atoms in total. The molecule has 0 aromatic carbocycles. The molecule has 0 aromatic heterocycles. The number of primary amides is 1. The standard InChI is InChI=1S/C11H24N2O/c1-5-8-11(7-3,10(12)14)13-9(4)6-2/h9,13H,5-8H2,1-4H3,(H2,12,14). The highest BCUT2D eigenvalue weighted by Crippen LogP contribution is 2.18. The smallest absolute Gasteiger partial charge is 0.237 e. The number of carbonyl (C=O) groups is 1. The van der Waals surface area contributed by atoms with Gasteiger partial charge in [-0.3, -0.25) is 4.79 Å². The number of nitrogens with one attached hydrogen (secondary N) is 1. The van der Waals surface area contributed by atoms with Gasteiger partial charge in [0.05, 0.1) is 5.54 Å². The minimum atomic E-state index is -0.496. The Morgan fingerprint density at radius 2 is 2.00 bits per heavy atom. The van der Waals surface area contributed by atoms with Crippen LogP contribution in [0.25, 0.3) is 0 Å². The van der Waals surface area contributed by atoms with Crippen molar-refractivity contribution in [1.82, 2.24) is 5.32 Å². The van der Waals surface area contributed by atoms with Gasteiger partial charge in [-0.1, -0.05) is 27.2 Å². The van der Waals surface area contributed by atoms with Gasteiger partial charge in [-0.15, -0.1) is 0 Å². The van der Waals surface area contributed by atoms with Gasteiger partial charge in [-0.05, 0) is 26.2 Å². The van der Waals surface area contributed by atoms with E-state index in [0.717, 1.165) is 25.7 Å². The predicted molar refractivity (Wildman–Crippen MR) is 60.0 cm³/mol. The molecule has 0 aliphatic rings. The van der Waals surface area contributed by atoms with Gasteiger partial charge in [-0.2, -0.15) is 0 Å². The van der Waals surface area contributed by atoms with Crippen molar-refractivity contribution in [1.29, 1.82) is 0 Å². The van der Waals surface area contributed by atoms with Crippen molar-refractivity contribution < 1.29 is 4.79 Å². The molecular weight excluding hydrogens is 176 g/mol. The lowest BCUT2D eigenvalue weighted by Gasteiger charge is -2.33. The van der Waals surface area contributed by atoms with Gasteiger partial charge in [0.1, 0.15) is 0 Å². The summed E-state index contributed by atoms with van der Waals surface area (Å²) in [5.41, 5.74) is 4.97. The molecule has 14 heavy (non-hydrogen) atoms. The van der Waals surface area contributed by atoms with Crippen LogP contribution in [0.4, 0.5) is 0 Å². The molecule has 1 amide bonds. The summed E-state index contributed by atoms with van der Waals surface area (Å²) in [4.78, 5) is 11.5. The second-order valence-electron chi connectivity index (χ2n) is 4.00. The highest BCUT2D eigenvalue weighted by atomic mass is 16.1. The van der Waals surface area contributed by atoms with Crippen molar-refractivity contribution in [2.45, 2.75) is 65.0 Å². The maximum absolute atomic E-state index is 11.5. The number of nitrogens with two attached hydrogens (primary N) is 1. The lowest BCUT2D eigenvalue weighted by molar-refractivity contribution is -0.125. The van der Waals surface area contributed by atoms with Gasteiger partial charge >= 0.3 is 0 Å². The van der Waals surface area contributed by atoms with E-state index in [2.05, 4.69) is 26.1 Å². The minimum absolute atomic E-state index is 0.220. The van der Waals surface area contributed by atoms with Gasteiger partial charge in [0, 0.05) is 6.04 Å². The molecule has 2 unspecified atom stereocenters. The molecule has 0 rings (SSSR count). The van der Waals surface area contributed by atoms with Gasteiger partial charge in [-0.25, -0.2) is 0 Å². The summed E-state index contributed by atoms with van der Waals surface area (Å²) in [7, 11) is 0. The van der Waals surface area contributed by atoms with Crippen LogP contribution >= 0.6 is 0 Å². The van der Waals surface area contributed by atoms with Crippen molar-refractivity contribution in [2.24, 2.45) is 5.73 Å². The monoisotopic (exact) mass is 200 g/mol. The number of carbonyl (C=O) groups excluding carboxylic acids is 1. The lowest BCUT2D eigenvalue weighted by Crippen LogP contribution is -2.57. The molecule has 0 saturated heterocycles. The molecule has 0 radical (unpaired) electrons. The topological polar surface area (TPSA) is 55.1 Å². The third kappa shape index (κ3) is 3.29. The van der Waals surface area contributed by atoms with Crippen LogP contribution in [-0.2, 0) is 4.79 Å². The number of hydrogen-bond acceptors (Lipinski definition) is 2. The maximum atomic E-state index is 11.5. The van der Waals surface area contributed by atoms with Gasteiger partial charge < -0.3 is 11.1 Å². The fourth-order valence-electron chi connectivity index (χ4n) is 1.72. The second-order valence-corrected chi connectivity index (χ2v) is 4.00. The van der Waals surface area contributed by atoms with E-state index in [4.69, 9.17) is 5.73 Å². The second kappa shape index (κ2) is 6.02. The Balaban J connectivity index is 4.57. The fourth-order valence-corrected chi connectivity index (χ4v) is 1.72. The van der Waals surface area contributed by atoms with Crippen molar-refractivity contribution in [3.8, 4) is 0 Å². The summed E-state index contributed by atoms with van der Waals surface area (Å²) in [6.45, 7) is 8.27. The Labute approximate surface area is 87.4 Å². The fraction of sp³-hybridized carbons (Fsp3) is 0.909. The van der Waals surface area contributed by atoms with Crippen LogP contribution in [0.2, 0.25) is 0 Å². The van der Waals surface area contributed by atoms with E-state index in [-0.39, 0.29) is 5.91 Å². The molecule has 0 aromatic rings. The van der Waals surface area contributed by atoms with Crippen LogP contribution in [0.5, 0.6) is 0 Å². The van der Waals surface area contributed by atoms with E-state index in [1.165, 1.54) is 0 Å². The normalized spacial score (nSPS) is 17.4. The Morgan fingerprint density at radius 1 is 1.43 bits per heavy atom. The molecule has 84 valence electrons. The SMILES string of the molecule is CCCC(CC)(NC(C)CC)C(N)=O. The summed E-state index contributed by atoms with van der Waals surface area (Å²) in [6, 6.07) is 0.342. The summed E-state index contributed by atoms with van der Waals surface area (Å²) >= 11 is 0. The maximum Gasteiger partial charge on any atom is 0.237 e. The first-order valence-electron chi connectivity index (χ1n) is 5.60. The molecule has 0 saturated carbocycles. The van der Waals surface area contributed by atoms with Crippen molar-refractivity contribution in [2.75, 3.05) is 0 Å². The quantitative estimate of drug-likeness (QED) is 0.658. The lowest BCUT2D eigenvalue weighted by atomic mass is 9.88. The van der Waals surface area contributed by atoms with Crippen LogP contribution in [0.3, 0.4) is 0 Å². The van der Waals surface area contributed by atoms with Crippen molar-refractivity contribution in [3.63, 3.8) is 0 Å². The Morgan fingerprint density at radius 3 is 2.29 bits per heavy atom. The van der Waals surface area contributed by atoms with Crippen LogP contribution in [0.1, 0.15) is 53.4 Å². The Bertz CT molecular complexity index is 182. The zero-order chi connectivity index (χ0) is 11.2. The van der Waals surface area contributed by atoms with E-state index >= 15 is 0 Å².